The number of esters is 4. The summed E-state index contributed by atoms with van der Waals surface area (Å²) in [6, 6.07) is 0. The Kier molecular flexibility index (Phi) is 66.8. The van der Waals surface area contributed by atoms with Crippen LogP contribution in [0.15, 0.2) is 0 Å². The van der Waals surface area contributed by atoms with Gasteiger partial charge in [-0.1, -0.05) is 343 Å². The van der Waals surface area contributed by atoms with E-state index in [0.29, 0.717) is 25.7 Å². The zero-order valence-electron chi connectivity index (χ0n) is 61.1. The summed E-state index contributed by atoms with van der Waals surface area (Å²) in [6.07, 6.45) is 57.0. The van der Waals surface area contributed by atoms with E-state index in [0.717, 1.165) is 95.8 Å². The highest BCUT2D eigenvalue weighted by molar-refractivity contribution is 7.47. The maximum atomic E-state index is 13.1. The second-order valence-corrected chi connectivity index (χ2v) is 30.2. The molecule has 0 rings (SSSR count). The van der Waals surface area contributed by atoms with Crippen molar-refractivity contribution in [3.8, 4) is 0 Å². The second kappa shape index (κ2) is 68.2. The Bertz CT molecular complexity index is 1810. The molecule has 3 N–H and O–H groups in total. The van der Waals surface area contributed by atoms with Gasteiger partial charge in [-0.25, -0.2) is 9.13 Å². The van der Waals surface area contributed by atoms with Crippen molar-refractivity contribution in [2.45, 2.75) is 412 Å². The number of phosphoric acid groups is 2. The smallest absolute Gasteiger partial charge is 0.462 e. The lowest BCUT2D eigenvalue weighted by atomic mass is 10.00. The maximum absolute atomic E-state index is 13.1. The van der Waals surface area contributed by atoms with Gasteiger partial charge in [0, 0.05) is 25.7 Å². The molecule has 0 heterocycles. The third kappa shape index (κ3) is 67.3. The summed E-state index contributed by atoms with van der Waals surface area (Å²) in [5.41, 5.74) is 0. The molecule has 0 saturated heterocycles. The largest absolute Gasteiger partial charge is 0.472 e. The molecule has 0 aromatic rings. The highest BCUT2D eigenvalue weighted by Crippen LogP contribution is 2.45. The molecule has 0 saturated carbocycles. The van der Waals surface area contributed by atoms with E-state index in [-0.39, 0.29) is 25.7 Å². The number of aliphatic hydroxyl groups excluding tert-OH is 1. The lowest BCUT2D eigenvalue weighted by Crippen LogP contribution is -2.30. The summed E-state index contributed by atoms with van der Waals surface area (Å²) in [5.74, 6) is -1.40. The van der Waals surface area contributed by atoms with Gasteiger partial charge >= 0.3 is 39.5 Å². The third-order valence-electron chi connectivity index (χ3n) is 17.9. The summed E-state index contributed by atoms with van der Waals surface area (Å²) < 4.78 is 68.4. The molecule has 19 heteroatoms. The number of hydrogen-bond acceptors (Lipinski definition) is 15. The average Bonchev–Trinajstić information content (AvgIpc) is 1.30. The Labute approximate surface area is 575 Å². The standard InChI is InChI=1S/C75H146O17P2/c1-6-10-13-16-19-22-24-26-28-30-32-34-36-38-41-44-50-55-60-74(79)91-70(64-86-73(78)59-54-49-43-40-37-35-33-31-29-27-25-23-20-17-14-11-7-2)66-89-93(81,82)87-62-69(76)63-88-94(83,84)90-67-71(65-85-72(77)58-53-48-42-39-21-18-15-12-8-3)92-75(80)61-56-51-46-45-47-52-57-68(5)9-4/h68-71,76H,6-67H2,1-5H3,(H,81,82)(H,83,84)/t68?,69-,70-,71-/m1/s1. The van der Waals surface area contributed by atoms with Crippen molar-refractivity contribution >= 4 is 39.5 Å². The van der Waals surface area contributed by atoms with Crippen LogP contribution in [0.4, 0.5) is 0 Å². The fourth-order valence-electron chi connectivity index (χ4n) is 11.5. The number of unbranched alkanes of at least 4 members (excludes halogenated alkanes) is 46. The van der Waals surface area contributed by atoms with Gasteiger partial charge in [0.25, 0.3) is 0 Å². The number of carbonyl (C=O) groups is 4. The predicted octanol–water partition coefficient (Wildman–Crippen LogP) is 22.1. The number of hydrogen-bond donors (Lipinski definition) is 3. The summed E-state index contributed by atoms with van der Waals surface area (Å²) >= 11 is 0. The first-order chi connectivity index (χ1) is 45.6. The normalized spacial score (nSPS) is 14.3. The van der Waals surface area contributed by atoms with Crippen LogP contribution in [0, 0.1) is 5.92 Å². The van der Waals surface area contributed by atoms with Gasteiger partial charge in [0.05, 0.1) is 26.4 Å². The van der Waals surface area contributed by atoms with Gasteiger partial charge in [-0.15, -0.1) is 0 Å². The van der Waals surface area contributed by atoms with Crippen LogP contribution in [-0.2, 0) is 65.4 Å². The lowest BCUT2D eigenvalue weighted by Gasteiger charge is -2.21. The molecule has 0 amide bonds. The third-order valence-corrected chi connectivity index (χ3v) is 19.8. The first-order valence-electron chi connectivity index (χ1n) is 39.2. The molecule has 558 valence electrons. The van der Waals surface area contributed by atoms with Gasteiger partial charge in [0.15, 0.2) is 12.2 Å². The lowest BCUT2D eigenvalue weighted by molar-refractivity contribution is -0.161. The number of phosphoric ester groups is 2. The summed E-state index contributed by atoms with van der Waals surface area (Å²) in [7, 11) is -9.90. The molecule has 0 fully saturated rings. The molecule has 3 unspecified atom stereocenters. The minimum atomic E-state index is -4.96. The van der Waals surface area contributed by atoms with Crippen molar-refractivity contribution in [1.82, 2.24) is 0 Å². The molecule has 0 bridgehead atoms. The van der Waals surface area contributed by atoms with Gasteiger partial charge < -0.3 is 33.8 Å². The Morgan fingerprint density at radius 1 is 0.298 bits per heavy atom. The minimum absolute atomic E-state index is 0.103. The van der Waals surface area contributed by atoms with Crippen molar-refractivity contribution in [1.29, 1.82) is 0 Å². The molecular formula is C75H146O17P2. The van der Waals surface area contributed by atoms with E-state index >= 15 is 0 Å². The van der Waals surface area contributed by atoms with E-state index in [1.807, 2.05) is 0 Å². The number of rotatable bonds is 75. The SMILES string of the molecule is CCCCCCCCCCCCCCCCCCCCC(=O)O[C@H](COC(=O)CCCCCCCCCCCCCCCCCCC)COP(=O)(O)OC[C@@H](O)COP(=O)(O)OC[C@@H](COC(=O)CCCCCCCCCCC)OC(=O)CCCCCCCCC(C)CC. The van der Waals surface area contributed by atoms with Crippen LogP contribution in [-0.4, -0.2) is 96.7 Å². The van der Waals surface area contributed by atoms with Crippen molar-refractivity contribution in [2.75, 3.05) is 39.6 Å². The molecule has 6 atom stereocenters. The Balaban J connectivity index is 5.21. The van der Waals surface area contributed by atoms with E-state index in [2.05, 4.69) is 34.6 Å². The molecule has 0 radical (unpaired) electrons. The molecule has 0 aromatic carbocycles. The predicted molar refractivity (Wildman–Crippen MR) is 382 cm³/mol. The van der Waals surface area contributed by atoms with Crippen LogP contribution >= 0.6 is 15.6 Å². The van der Waals surface area contributed by atoms with Gasteiger partial charge in [0.2, 0.25) is 0 Å². The molecule has 17 nitrogen and oxygen atoms in total. The maximum Gasteiger partial charge on any atom is 0.472 e. The van der Waals surface area contributed by atoms with Gasteiger partial charge in [0.1, 0.15) is 19.3 Å². The first kappa shape index (κ1) is 92.1. The van der Waals surface area contributed by atoms with Gasteiger partial charge in [-0.05, 0) is 31.6 Å². The average molecular weight is 1380 g/mol. The Hall–Kier alpha value is -1.94. The van der Waals surface area contributed by atoms with Crippen molar-refractivity contribution in [3.05, 3.63) is 0 Å². The van der Waals surface area contributed by atoms with Crippen LogP contribution in [0.5, 0.6) is 0 Å². The Morgan fingerprint density at radius 2 is 0.511 bits per heavy atom. The molecule has 0 aromatic heterocycles. The van der Waals surface area contributed by atoms with Crippen LogP contribution in [0.1, 0.15) is 394 Å². The summed E-state index contributed by atoms with van der Waals surface area (Å²) in [5, 5.41) is 10.6. The zero-order valence-corrected chi connectivity index (χ0v) is 62.9. The quantitative estimate of drug-likeness (QED) is 0.0222. The first-order valence-corrected chi connectivity index (χ1v) is 42.2. The summed E-state index contributed by atoms with van der Waals surface area (Å²) in [6.45, 7) is 7.22. The molecule has 0 spiro atoms. The zero-order chi connectivity index (χ0) is 69.1. The molecule has 0 aliphatic carbocycles. The molecule has 0 aliphatic heterocycles. The minimum Gasteiger partial charge on any atom is -0.462 e. The second-order valence-electron chi connectivity index (χ2n) is 27.3. The van der Waals surface area contributed by atoms with Crippen molar-refractivity contribution in [3.63, 3.8) is 0 Å². The van der Waals surface area contributed by atoms with E-state index in [1.54, 1.807) is 0 Å². The monoisotopic (exact) mass is 1380 g/mol. The van der Waals surface area contributed by atoms with Crippen molar-refractivity contribution in [2.24, 2.45) is 5.92 Å². The molecular weight excluding hydrogens is 1230 g/mol. The molecule has 94 heavy (non-hydrogen) atoms. The fourth-order valence-corrected chi connectivity index (χ4v) is 13.1. The van der Waals surface area contributed by atoms with Crippen LogP contribution < -0.4 is 0 Å². The van der Waals surface area contributed by atoms with E-state index in [4.69, 9.17) is 37.0 Å². The number of aliphatic hydroxyl groups is 1. The fraction of sp³-hybridized carbons (Fsp3) is 0.947. The molecule has 0 aliphatic rings. The van der Waals surface area contributed by atoms with Crippen LogP contribution in [0.25, 0.3) is 0 Å². The number of ether oxygens (including phenoxy) is 4. The highest BCUT2D eigenvalue weighted by atomic mass is 31.2. The van der Waals surface area contributed by atoms with Gasteiger partial charge in [-0.3, -0.25) is 37.3 Å². The highest BCUT2D eigenvalue weighted by Gasteiger charge is 2.30. The van der Waals surface area contributed by atoms with Crippen LogP contribution in [0.2, 0.25) is 0 Å². The summed E-state index contributed by atoms with van der Waals surface area (Å²) in [4.78, 5) is 72.7. The van der Waals surface area contributed by atoms with E-state index < -0.39 is 97.5 Å². The van der Waals surface area contributed by atoms with Crippen molar-refractivity contribution < 1.29 is 80.2 Å². The van der Waals surface area contributed by atoms with E-state index in [1.165, 1.54) is 218 Å². The van der Waals surface area contributed by atoms with Crippen LogP contribution in [0.3, 0.4) is 0 Å². The topological polar surface area (TPSA) is 237 Å². The van der Waals surface area contributed by atoms with E-state index in [9.17, 15) is 43.2 Å². The Morgan fingerprint density at radius 3 is 0.755 bits per heavy atom. The number of carbonyl (C=O) groups excluding carboxylic acids is 4. The van der Waals surface area contributed by atoms with Gasteiger partial charge in [-0.2, -0.15) is 0 Å².